The maximum atomic E-state index is 12.1. The van der Waals surface area contributed by atoms with E-state index in [0.717, 1.165) is 30.2 Å². The van der Waals surface area contributed by atoms with Gasteiger partial charge in [0, 0.05) is 22.2 Å². The van der Waals surface area contributed by atoms with Gasteiger partial charge in [0.2, 0.25) is 0 Å². The number of anilines is 1. The lowest BCUT2D eigenvalue weighted by Gasteiger charge is -2.27. The van der Waals surface area contributed by atoms with E-state index in [9.17, 15) is 4.79 Å². The smallest absolute Gasteiger partial charge is 0.253 e. The molecule has 0 heterocycles. The molecule has 5 N–H and O–H groups in total. The average Bonchev–Trinajstić information content (AvgIpc) is 2.35. The van der Waals surface area contributed by atoms with Crippen molar-refractivity contribution in [3.05, 3.63) is 28.2 Å². The van der Waals surface area contributed by atoms with Crippen molar-refractivity contribution in [1.29, 1.82) is 0 Å². The van der Waals surface area contributed by atoms with E-state index in [2.05, 4.69) is 21.2 Å². The van der Waals surface area contributed by atoms with Crippen LogP contribution in [0.2, 0.25) is 0 Å². The van der Waals surface area contributed by atoms with Gasteiger partial charge in [-0.3, -0.25) is 4.79 Å². The number of nitrogen functional groups attached to an aromatic ring is 1. The van der Waals surface area contributed by atoms with Gasteiger partial charge in [-0.1, -0.05) is 15.9 Å². The van der Waals surface area contributed by atoms with Gasteiger partial charge in [-0.15, -0.1) is 0 Å². The van der Waals surface area contributed by atoms with Crippen molar-refractivity contribution in [3.63, 3.8) is 0 Å². The van der Waals surface area contributed by atoms with Crippen LogP contribution in [0.3, 0.4) is 0 Å². The number of benzene rings is 1. The maximum Gasteiger partial charge on any atom is 0.253 e. The highest BCUT2D eigenvalue weighted by atomic mass is 79.9. The molecule has 4 nitrogen and oxygen atoms in total. The van der Waals surface area contributed by atoms with Crippen molar-refractivity contribution in [1.82, 2.24) is 5.32 Å². The van der Waals surface area contributed by atoms with E-state index in [1.807, 2.05) is 6.07 Å². The molecule has 0 spiro atoms. The molecule has 0 bridgehead atoms. The van der Waals surface area contributed by atoms with Crippen LogP contribution in [0.15, 0.2) is 22.7 Å². The lowest BCUT2D eigenvalue weighted by atomic mass is 9.91. The predicted molar refractivity (Wildman–Crippen MR) is 76.3 cm³/mol. The molecule has 0 radical (unpaired) electrons. The van der Waals surface area contributed by atoms with Crippen LogP contribution in [0.1, 0.15) is 36.0 Å². The fraction of sp³-hybridized carbons (Fsp3) is 0.462. The first-order chi connectivity index (χ1) is 8.56. The van der Waals surface area contributed by atoms with E-state index >= 15 is 0 Å². The highest BCUT2D eigenvalue weighted by Gasteiger charge is 2.21. The maximum absolute atomic E-state index is 12.1. The van der Waals surface area contributed by atoms with Crippen LogP contribution in [-0.2, 0) is 0 Å². The Morgan fingerprint density at radius 3 is 2.61 bits per heavy atom. The second-order valence-corrected chi connectivity index (χ2v) is 5.73. The van der Waals surface area contributed by atoms with Crippen molar-refractivity contribution >= 4 is 27.5 Å². The second kappa shape index (κ2) is 5.71. The fourth-order valence-electron chi connectivity index (χ4n) is 2.25. The van der Waals surface area contributed by atoms with Gasteiger partial charge < -0.3 is 16.8 Å². The fourth-order valence-corrected chi connectivity index (χ4v) is 2.61. The molecule has 1 aromatic carbocycles. The van der Waals surface area contributed by atoms with Gasteiger partial charge in [0.25, 0.3) is 5.91 Å². The summed E-state index contributed by atoms with van der Waals surface area (Å²) in [4.78, 5) is 12.1. The molecule has 0 saturated heterocycles. The number of halogens is 1. The minimum absolute atomic E-state index is 0.103. The molecule has 1 fully saturated rings. The summed E-state index contributed by atoms with van der Waals surface area (Å²) in [5.74, 6) is -0.103. The van der Waals surface area contributed by atoms with Gasteiger partial charge >= 0.3 is 0 Å². The van der Waals surface area contributed by atoms with Crippen molar-refractivity contribution < 1.29 is 4.79 Å². The number of carbonyl (C=O) groups excluding carboxylic acids is 1. The van der Waals surface area contributed by atoms with Gasteiger partial charge in [0.15, 0.2) is 0 Å². The Kier molecular flexibility index (Phi) is 4.24. The van der Waals surface area contributed by atoms with Gasteiger partial charge in [0.05, 0.1) is 5.56 Å². The summed E-state index contributed by atoms with van der Waals surface area (Å²) in [5.41, 5.74) is 12.7. The Balaban J connectivity index is 2.01. The van der Waals surface area contributed by atoms with Crippen molar-refractivity contribution in [2.45, 2.75) is 37.8 Å². The zero-order valence-corrected chi connectivity index (χ0v) is 11.7. The molecule has 1 saturated carbocycles. The van der Waals surface area contributed by atoms with E-state index in [1.54, 1.807) is 12.1 Å². The summed E-state index contributed by atoms with van der Waals surface area (Å²) in [6, 6.07) is 5.81. The summed E-state index contributed by atoms with van der Waals surface area (Å²) < 4.78 is 0.854. The SMILES string of the molecule is Nc1ccc(Br)cc1C(=O)NC1CCC(N)CC1. The van der Waals surface area contributed by atoms with Crippen LogP contribution in [-0.4, -0.2) is 18.0 Å². The van der Waals surface area contributed by atoms with Crippen LogP contribution >= 0.6 is 15.9 Å². The van der Waals surface area contributed by atoms with Crippen molar-refractivity contribution in [2.75, 3.05) is 5.73 Å². The minimum atomic E-state index is -0.103. The summed E-state index contributed by atoms with van der Waals surface area (Å²) in [7, 11) is 0. The third-order valence-corrected chi connectivity index (χ3v) is 3.86. The van der Waals surface area contributed by atoms with Crippen LogP contribution < -0.4 is 16.8 Å². The molecular formula is C13H18BrN3O. The Labute approximate surface area is 115 Å². The quantitative estimate of drug-likeness (QED) is 0.731. The van der Waals surface area contributed by atoms with Crippen molar-refractivity contribution in [3.8, 4) is 0 Å². The molecule has 1 aliphatic carbocycles. The predicted octanol–water partition coefficient (Wildman–Crippen LogP) is 2.03. The second-order valence-electron chi connectivity index (χ2n) is 4.82. The van der Waals surface area contributed by atoms with Gasteiger partial charge in [0.1, 0.15) is 0 Å². The summed E-state index contributed by atoms with van der Waals surface area (Å²) in [5, 5.41) is 3.03. The zero-order chi connectivity index (χ0) is 13.1. The number of hydrogen-bond donors (Lipinski definition) is 3. The molecule has 5 heteroatoms. The summed E-state index contributed by atoms with van der Waals surface area (Å²) in [6.45, 7) is 0. The first-order valence-corrected chi connectivity index (χ1v) is 6.97. The molecule has 1 aliphatic rings. The topological polar surface area (TPSA) is 81.1 Å². The lowest BCUT2D eigenvalue weighted by molar-refractivity contribution is 0.0926. The van der Waals surface area contributed by atoms with E-state index in [1.165, 1.54) is 0 Å². The van der Waals surface area contributed by atoms with E-state index in [4.69, 9.17) is 11.5 Å². The Bertz CT molecular complexity index is 442. The zero-order valence-electron chi connectivity index (χ0n) is 10.2. The number of carbonyl (C=O) groups is 1. The summed E-state index contributed by atoms with van der Waals surface area (Å²) >= 11 is 3.35. The molecular weight excluding hydrogens is 294 g/mol. The van der Waals surface area contributed by atoms with Crippen LogP contribution in [0.4, 0.5) is 5.69 Å². The van der Waals surface area contributed by atoms with E-state index < -0.39 is 0 Å². The summed E-state index contributed by atoms with van der Waals surface area (Å²) in [6.07, 6.45) is 3.83. The molecule has 18 heavy (non-hydrogen) atoms. The molecule has 0 aliphatic heterocycles. The first kappa shape index (κ1) is 13.4. The standard InChI is InChI=1S/C13H18BrN3O/c14-8-1-6-12(16)11(7-8)13(18)17-10-4-2-9(15)3-5-10/h1,6-7,9-10H,2-5,15-16H2,(H,17,18). The molecule has 1 amide bonds. The Hall–Kier alpha value is -1.07. The normalized spacial score (nSPS) is 23.7. The van der Waals surface area contributed by atoms with Crippen molar-refractivity contribution in [2.24, 2.45) is 5.73 Å². The molecule has 0 aromatic heterocycles. The van der Waals surface area contributed by atoms with Crippen LogP contribution in [0, 0.1) is 0 Å². The third kappa shape index (κ3) is 3.23. The molecule has 0 unspecified atom stereocenters. The molecule has 1 aromatic rings. The first-order valence-electron chi connectivity index (χ1n) is 6.17. The lowest BCUT2D eigenvalue weighted by Crippen LogP contribution is -2.40. The third-order valence-electron chi connectivity index (χ3n) is 3.37. The Morgan fingerprint density at radius 1 is 1.28 bits per heavy atom. The van der Waals surface area contributed by atoms with Gasteiger partial charge in [-0.2, -0.15) is 0 Å². The highest BCUT2D eigenvalue weighted by molar-refractivity contribution is 9.10. The Morgan fingerprint density at radius 2 is 1.94 bits per heavy atom. The minimum Gasteiger partial charge on any atom is -0.398 e. The van der Waals surface area contributed by atoms with E-state index in [-0.39, 0.29) is 18.0 Å². The monoisotopic (exact) mass is 311 g/mol. The van der Waals surface area contributed by atoms with Gasteiger partial charge in [-0.25, -0.2) is 0 Å². The van der Waals surface area contributed by atoms with Crippen LogP contribution in [0.25, 0.3) is 0 Å². The molecule has 98 valence electrons. The number of nitrogens with two attached hydrogens (primary N) is 2. The van der Waals surface area contributed by atoms with Gasteiger partial charge in [-0.05, 0) is 43.9 Å². The molecule has 0 atom stereocenters. The highest BCUT2D eigenvalue weighted by Crippen LogP contribution is 2.21. The number of nitrogens with one attached hydrogen (secondary N) is 1. The average molecular weight is 312 g/mol. The van der Waals surface area contributed by atoms with Crippen LogP contribution in [0.5, 0.6) is 0 Å². The number of rotatable bonds is 2. The van der Waals surface area contributed by atoms with E-state index in [0.29, 0.717) is 11.3 Å². The number of hydrogen-bond acceptors (Lipinski definition) is 3. The largest absolute Gasteiger partial charge is 0.398 e. The number of amides is 1. The molecule has 2 rings (SSSR count).